The van der Waals surface area contributed by atoms with Crippen LogP contribution in [0.2, 0.25) is 0 Å². The van der Waals surface area contributed by atoms with Crippen LogP contribution < -0.4 is 9.47 Å². The Balaban J connectivity index is 1.99. The Bertz CT molecular complexity index is 396. The molecule has 1 aliphatic heterocycles. The van der Waals surface area contributed by atoms with Gasteiger partial charge in [0.1, 0.15) is 0 Å². The Morgan fingerprint density at radius 1 is 1.38 bits per heavy atom. The van der Waals surface area contributed by atoms with Crippen molar-refractivity contribution in [3.63, 3.8) is 0 Å². The molecule has 83 valence electrons. The van der Waals surface area contributed by atoms with Crippen LogP contribution in [0.1, 0.15) is 24.8 Å². The van der Waals surface area contributed by atoms with Crippen molar-refractivity contribution in [2.75, 3.05) is 6.79 Å². The summed E-state index contributed by atoms with van der Waals surface area (Å²) in [6.07, 6.45) is 8.13. The largest absolute Gasteiger partial charge is 0.454 e. The third-order valence-corrected chi connectivity index (χ3v) is 2.37. The van der Waals surface area contributed by atoms with Gasteiger partial charge < -0.3 is 9.47 Å². The minimum Gasteiger partial charge on any atom is -0.454 e. The van der Waals surface area contributed by atoms with E-state index in [1.807, 2.05) is 36.6 Å². The predicted molar refractivity (Wildman–Crippen MR) is 61.1 cm³/mol. The molecule has 0 unspecified atom stereocenters. The van der Waals surface area contributed by atoms with Crippen LogP contribution in [0.15, 0.2) is 24.3 Å². The summed E-state index contributed by atoms with van der Waals surface area (Å²) < 4.78 is 10.6. The van der Waals surface area contributed by atoms with E-state index in [9.17, 15) is 4.79 Å². The first-order valence-electron chi connectivity index (χ1n) is 5.32. The molecule has 1 radical (unpaired) electrons. The first-order chi connectivity index (χ1) is 7.92. The zero-order valence-corrected chi connectivity index (χ0v) is 8.94. The second kappa shape index (κ2) is 5.35. The summed E-state index contributed by atoms with van der Waals surface area (Å²) in [6.45, 7) is 0.292. The van der Waals surface area contributed by atoms with Crippen LogP contribution in [0, 0.1) is 0 Å². The number of hydrogen-bond acceptors (Lipinski definition) is 3. The first-order valence-corrected chi connectivity index (χ1v) is 5.32. The number of benzene rings is 1. The lowest BCUT2D eigenvalue weighted by Gasteiger charge is -1.99. The summed E-state index contributed by atoms with van der Waals surface area (Å²) >= 11 is 0. The molecule has 0 spiro atoms. The molecule has 3 heteroatoms. The van der Waals surface area contributed by atoms with E-state index < -0.39 is 0 Å². The number of rotatable bonds is 5. The molecule has 0 N–H and O–H groups in total. The van der Waals surface area contributed by atoms with Crippen LogP contribution >= 0.6 is 0 Å². The number of unbranched alkanes of at least 4 members (excludes halogenated alkanes) is 2. The van der Waals surface area contributed by atoms with E-state index in [0.717, 1.165) is 29.9 Å². The van der Waals surface area contributed by atoms with Gasteiger partial charge in [0.05, 0.1) is 0 Å². The maximum absolute atomic E-state index is 10.0. The minimum absolute atomic E-state index is 0.292. The van der Waals surface area contributed by atoms with E-state index in [0.29, 0.717) is 13.2 Å². The zero-order chi connectivity index (χ0) is 11.2. The molecular formula is C13H13O3. The lowest BCUT2D eigenvalue weighted by atomic mass is 10.1. The quantitative estimate of drug-likeness (QED) is 0.711. The topological polar surface area (TPSA) is 35.5 Å². The van der Waals surface area contributed by atoms with Gasteiger partial charge >= 0.3 is 0 Å². The van der Waals surface area contributed by atoms with Crippen molar-refractivity contribution < 1.29 is 14.3 Å². The van der Waals surface area contributed by atoms with Crippen LogP contribution in [0.5, 0.6) is 11.5 Å². The standard InChI is InChI=1S/C13H13O3/c14-9-4-2-1-3-6-11-7-5-8-12-13(11)16-10-15-12/h3,5-8H,1-2,4,10H2. The highest BCUT2D eigenvalue weighted by molar-refractivity contribution is 5.63. The fourth-order valence-corrected chi connectivity index (χ4v) is 1.59. The normalized spacial score (nSPS) is 13.2. The Hall–Kier alpha value is -1.77. The average molecular weight is 217 g/mol. The third-order valence-electron chi connectivity index (χ3n) is 2.37. The predicted octanol–water partition coefficient (Wildman–Crippen LogP) is 2.71. The Morgan fingerprint density at radius 2 is 2.31 bits per heavy atom. The van der Waals surface area contributed by atoms with Crippen molar-refractivity contribution in [2.45, 2.75) is 19.3 Å². The van der Waals surface area contributed by atoms with E-state index in [1.165, 1.54) is 0 Å². The molecule has 0 bridgehead atoms. The molecule has 1 aliphatic rings. The fourth-order valence-electron chi connectivity index (χ4n) is 1.59. The van der Waals surface area contributed by atoms with Crippen molar-refractivity contribution in [3.8, 4) is 11.5 Å². The molecule has 0 aliphatic carbocycles. The van der Waals surface area contributed by atoms with Gasteiger partial charge in [-0.3, -0.25) is 4.79 Å². The smallest absolute Gasteiger partial charge is 0.231 e. The van der Waals surface area contributed by atoms with Crippen LogP contribution in [0.25, 0.3) is 6.08 Å². The van der Waals surface area contributed by atoms with Crippen LogP contribution in [-0.2, 0) is 4.79 Å². The van der Waals surface area contributed by atoms with E-state index in [2.05, 4.69) is 0 Å². The van der Waals surface area contributed by atoms with E-state index in [1.54, 1.807) is 0 Å². The highest BCUT2D eigenvalue weighted by Gasteiger charge is 2.14. The SMILES string of the molecule is O=[C]CCCC=Cc1cccc2c1OCO2. The lowest BCUT2D eigenvalue weighted by molar-refractivity contribution is 0.174. The number of fused-ring (bicyclic) bond motifs is 1. The third kappa shape index (κ3) is 2.42. The van der Waals surface area contributed by atoms with Crippen molar-refractivity contribution >= 4 is 12.4 Å². The molecule has 0 atom stereocenters. The van der Waals surface area contributed by atoms with Gasteiger partial charge in [0.25, 0.3) is 0 Å². The summed E-state index contributed by atoms with van der Waals surface area (Å²) in [5.41, 5.74) is 1.02. The summed E-state index contributed by atoms with van der Waals surface area (Å²) in [4.78, 5) is 10.0. The maximum Gasteiger partial charge on any atom is 0.231 e. The number of allylic oxidation sites excluding steroid dienone is 1. The molecule has 2 rings (SSSR count). The highest BCUT2D eigenvalue weighted by atomic mass is 16.7. The van der Waals surface area contributed by atoms with Crippen LogP contribution in [0.3, 0.4) is 0 Å². The van der Waals surface area contributed by atoms with E-state index in [4.69, 9.17) is 9.47 Å². The Kier molecular flexibility index (Phi) is 3.59. The number of para-hydroxylation sites is 1. The fraction of sp³-hybridized carbons (Fsp3) is 0.308. The Morgan fingerprint density at radius 3 is 3.19 bits per heavy atom. The second-order valence-electron chi connectivity index (χ2n) is 3.52. The molecule has 0 saturated carbocycles. The average Bonchev–Trinajstić information content (AvgIpc) is 2.77. The molecule has 0 fully saturated rings. The van der Waals surface area contributed by atoms with Crippen molar-refractivity contribution in [1.29, 1.82) is 0 Å². The monoisotopic (exact) mass is 217 g/mol. The highest BCUT2D eigenvalue weighted by Crippen LogP contribution is 2.35. The zero-order valence-electron chi connectivity index (χ0n) is 8.94. The van der Waals surface area contributed by atoms with Crippen LogP contribution in [0.4, 0.5) is 0 Å². The molecule has 16 heavy (non-hydrogen) atoms. The molecule has 1 heterocycles. The van der Waals surface area contributed by atoms with Gasteiger partial charge in [-0.2, -0.15) is 0 Å². The molecule has 0 amide bonds. The summed E-state index contributed by atoms with van der Waals surface area (Å²) in [5, 5.41) is 0. The molecule has 1 aromatic rings. The summed E-state index contributed by atoms with van der Waals surface area (Å²) in [5.74, 6) is 1.60. The van der Waals surface area contributed by atoms with E-state index >= 15 is 0 Å². The van der Waals surface area contributed by atoms with Gasteiger partial charge in [-0.15, -0.1) is 0 Å². The Labute approximate surface area is 94.7 Å². The van der Waals surface area contributed by atoms with Gasteiger partial charge in [0.15, 0.2) is 17.8 Å². The number of ether oxygens (including phenoxy) is 2. The van der Waals surface area contributed by atoms with Crippen molar-refractivity contribution in [1.82, 2.24) is 0 Å². The van der Waals surface area contributed by atoms with Gasteiger partial charge in [-0.1, -0.05) is 24.3 Å². The van der Waals surface area contributed by atoms with Gasteiger partial charge in [-0.25, -0.2) is 0 Å². The number of hydrogen-bond donors (Lipinski definition) is 0. The van der Waals surface area contributed by atoms with Gasteiger partial charge in [0.2, 0.25) is 6.79 Å². The van der Waals surface area contributed by atoms with Crippen LogP contribution in [-0.4, -0.2) is 13.1 Å². The van der Waals surface area contributed by atoms with Crippen molar-refractivity contribution in [2.24, 2.45) is 0 Å². The van der Waals surface area contributed by atoms with E-state index in [-0.39, 0.29) is 0 Å². The van der Waals surface area contributed by atoms with Gasteiger partial charge in [0, 0.05) is 12.0 Å². The van der Waals surface area contributed by atoms with Gasteiger partial charge in [-0.05, 0) is 18.9 Å². The summed E-state index contributed by atoms with van der Waals surface area (Å²) in [6, 6.07) is 5.81. The molecular weight excluding hydrogens is 204 g/mol. The maximum atomic E-state index is 10.0. The lowest BCUT2D eigenvalue weighted by Crippen LogP contribution is -1.93. The molecule has 3 nitrogen and oxygen atoms in total. The van der Waals surface area contributed by atoms with Crippen molar-refractivity contribution in [3.05, 3.63) is 29.8 Å². The molecule has 1 aromatic carbocycles. The molecule has 0 saturated heterocycles. The first kappa shape index (κ1) is 10.7. The second-order valence-corrected chi connectivity index (χ2v) is 3.52. The summed E-state index contributed by atoms with van der Waals surface area (Å²) in [7, 11) is 0. The minimum atomic E-state index is 0.292. The number of carbonyl (C=O) groups excluding carboxylic acids is 1. The molecule has 0 aromatic heterocycles.